The smallest absolute Gasteiger partial charge is 0.303 e. The number of nitrogens with one attached hydrogen (secondary N) is 2. The summed E-state index contributed by atoms with van der Waals surface area (Å²) in [6.45, 7) is 9.45. The molecule has 0 aromatic rings. The molecule has 0 saturated carbocycles. The molecule has 19 heavy (non-hydrogen) atoms. The van der Waals surface area contributed by atoms with Crippen molar-refractivity contribution in [3.05, 3.63) is 0 Å². The molecule has 0 aromatic carbocycles. The Morgan fingerprint density at radius 2 is 2.05 bits per heavy atom. The van der Waals surface area contributed by atoms with Gasteiger partial charge in [0.25, 0.3) is 0 Å². The second kappa shape index (κ2) is 5.90. The molecule has 0 aromatic heterocycles. The van der Waals surface area contributed by atoms with Gasteiger partial charge in [0.2, 0.25) is 5.91 Å². The Morgan fingerprint density at radius 3 is 2.47 bits per heavy atom. The predicted octanol–water partition coefficient (Wildman–Crippen LogP) is 1.38. The van der Waals surface area contributed by atoms with Crippen molar-refractivity contribution in [1.82, 2.24) is 10.6 Å². The number of carboxylic acid groups (broad SMARTS) is 1. The zero-order chi connectivity index (χ0) is 14.7. The lowest BCUT2D eigenvalue weighted by atomic mass is 9.75. The summed E-state index contributed by atoms with van der Waals surface area (Å²) in [6, 6.07) is 0. The van der Waals surface area contributed by atoms with Crippen molar-refractivity contribution < 1.29 is 14.7 Å². The average molecular weight is 270 g/mol. The molecule has 110 valence electrons. The summed E-state index contributed by atoms with van der Waals surface area (Å²) in [4.78, 5) is 23.2. The zero-order valence-corrected chi connectivity index (χ0v) is 12.4. The van der Waals surface area contributed by atoms with Crippen LogP contribution in [0.5, 0.6) is 0 Å². The molecule has 1 saturated heterocycles. The van der Waals surface area contributed by atoms with E-state index < -0.39 is 11.5 Å². The lowest BCUT2D eigenvalue weighted by Gasteiger charge is -2.36. The zero-order valence-electron chi connectivity index (χ0n) is 12.4. The Bertz CT molecular complexity index is 345. The first-order chi connectivity index (χ1) is 8.69. The lowest BCUT2D eigenvalue weighted by Crippen LogP contribution is -2.53. The van der Waals surface area contributed by atoms with E-state index in [1.807, 2.05) is 13.8 Å². The summed E-state index contributed by atoms with van der Waals surface area (Å²) in [5.41, 5.74) is -0.847. The molecule has 5 nitrogen and oxygen atoms in total. The Hall–Kier alpha value is -1.10. The van der Waals surface area contributed by atoms with Crippen molar-refractivity contribution in [3.8, 4) is 0 Å². The number of hydrogen-bond acceptors (Lipinski definition) is 3. The fourth-order valence-corrected chi connectivity index (χ4v) is 2.57. The third-order valence-electron chi connectivity index (χ3n) is 4.16. The van der Waals surface area contributed by atoms with Gasteiger partial charge in [-0.1, -0.05) is 13.8 Å². The monoisotopic (exact) mass is 270 g/mol. The van der Waals surface area contributed by atoms with Crippen molar-refractivity contribution >= 4 is 11.9 Å². The van der Waals surface area contributed by atoms with Crippen LogP contribution >= 0.6 is 0 Å². The van der Waals surface area contributed by atoms with Gasteiger partial charge in [0.1, 0.15) is 0 Å². The summed E-state index contributed by atoms with van der Waals surface area (Å²) in [7, 11) is 0. The van der Waals surface area contributed by atoms with Gasteiger partial charge in [0, 0.05) is 18.5 Å². The quantitative estimate of drug-likeness (QED) is 0.681. The topological polar surface area (TPSA) is 78.4 Å². The second-order valence-corrected chi connectivity index (χ2v) is 6.47. The summed E-state index contributed by atoms with van der Waals surface area (Å²) in [6.07, 6.45) is 1.35. The Labute approximate surface area is 115 Å². The van der Waals surface area contributed by atoms with Crippen LogP contribution in [0, 0.1) is 11.3 Å². The molecule has 5 heteroatoms. The summed E-state index contributed by atoms with van der Waals surface area (Å²) >= 11 is 0. The largest absolute Gasteiger partial charge is 0.481 e. The maximum absolute atomic E-state index is 12.6. The Morgan fingerprint density at radius 1 is 1.42 bits per heavy atom. The highest BCUT2D eigenvalue weighted by molar-refractivity contribution is 5.84. The molecule has 1 aliphatic heterocycles. The van der Waals surface area contributed by atoms with E-state index in [9.17, 15) is 9.59 Å². The molecule has 1 aliphatic rings. The molecule has 0 spiro atoms. The van der Waals surface area contributed by atoms with E-state index in [-0.39, 0.29) is 23.7 Å². The summed E-state index contributed by atoms with van der Waals surface area (Å²) in [5, 5.41) is 15.0. The number of amides is 1. The van der Waals surface area contributed by atoms with Crippen LogP contribution < -0.4 is 10.6 Å². The molecule has 1 atom stereocenters. The Balaban J connectivity index is 2.69. The van der Waals surface area contributed by atoms with E-state index >= 15 is 0 Å². The predicted molar refractivity (Wildman–Crippen MR) is 73.8 cm³/mol. The minimum Gasteiger partial charge on any atom is -0.481 e. The maximum Gasteiger partial charge on any atom is 0.303 e. The van der Waals surface area contributed by atoms with E-state index in [1.165, 1.54) is 0 Å². The van der Waals surface area contributed by atoms with Gasteiger partial charge in [0.15, 0.2) is 0 Å². The van der Waals surface area contributed by atoms with Crippen LogP contribution in [0.1, 0.15) is 47.0 Å². The summed E-state index contributed by atoms with van der Waals surface area (Å²) in [5.74, 6) is -0.524. The van der Waals surface area contributed by atoms with Crippen LogP contribution in [0.15, 0.2) is 0 Å². The highest BCUT2D eigenvalue weighted by Crippen LogP contribution is 2.35. The molecular formula is C14H26N2O3. The molecule has 0 aliphatic carbocycles. The minimum atomic E-state index is -0.830. The minimum absolute atomic E-state index is 0.0443. The summed E-state index contributed by atoms with van der Waals surface area (Å²) < 4.78 is 0. The molecule has 1 heterocycles. The van der Waals surface area contributed by atoms with Crippen molar-refractivity contribution in [2.75, 3.05) is 13.1 Å². The fraction of sp³-hybridized carbons (Fsp3) is 0.857. The van der Waals surface area contributed by atoms with Gasteiger partial charge < -0.3 is 15.7 Å². The number of carboxylic acids is 1. The number of rotatable bonds is 6. The van der Waals surface area contributed by atoms with Gasteiger partial charge in [-0.2, -0.15) is 0 Å². The molecule has 0 radical (unpaired) electrons. The molecular weight excluding hydrogens is 244 g/mol. The third-order valence-corrected chi connectivity index (χ3v) is 4.16. The van der Waals surface area contributed by atoms with E-state index in [1.54, 1.807) is 0 Å². The van der Waals surface area contributed by atoms with E-state index in [2.05, 4.69) is 24.5 Å². The van der Waals surface area contributed by atoms with Crippen LogP contribution in [0.2, 0.25) is 0 Å². The molecule has 3 N–H and O–H groups in total. The van der Waals surface area contributed by atoms with Gasteiger partial charge in [-0.25, -0.2) is 0 Å². The van der Waals surface area contributed by atoms with Gasteiger partial charge in [-0.15, -0.1) is 0 Å². The van der Waals surface area contributed by atoms with Crippen LogP contribution in [-0.4, -0.2) is 35.6 Å². The van der Waals surface area contributed by atoms with Gasteiger partial charge >= 0.3 is 5.97 Å². The maximum atomic E-state index is 12.6. The van der Waals surface area contributed by atoms with Crippen LogP contribution in [0.25, 0.3) is 0 Å². The molecule has 1 rings (SSSR count). The van der Waals surface area contributed by atoms with Crippen LogP contribution in [0.4, 0.5) is 0 Å². The van der Waals surface area contributed by atoms with E-state index in [0.717, 1.165) is 13.0 Å². The first-order valence-corrected chi connectivity index (χ1v) is 6.95. The molecule has 0 bridgehead atoms. The van der Waals surface area contributed by atoms with Crippen LogP contribution in [-0.2, 0) is 9.59 Å². The van der Waals surface area contributed by atoms with Gasteiger partial charge in [-0.3, -0.25) is 9.59 Å². The van der Waals surface area contributed by atoms with Gasteiger partial charge in [0.05, 0.1) is 5.41 Å². The van der Waals surface area contributed by atoms with E-state index in [0.29, 0.717) is 13.0 Å². The highest BCUT2D eigenvalue weighted by atomic mass is 16.4. The van der Waals surface area contributed by atoms with Crippen molar-refractivity contribution in [2.24, 2.45) is 11.3 Å². The lowest BCUT2D eigenvalue weighted by molar-refractivity contribution is -0.139. The molecule has 1 fully saturated rings. The second-order valence-electron chi connectivity index (χ2n) is 6.47. The molecule has 1 amide bonds. The first-order valence-electron chi connectivity index (χ1n) is 6.95. The Kier molecular flexibility index (Phi) is 4.96. The SMILES string of the molecule is CC(C)C1(C(=O)NC(C)(C)CCC(=O)O)CCNC1. The molecule has 1 unspecified atom stereocenters. The number of hydrogen-bond donors (Lipinski definition) is 3. The van der Waals surface area contributed by atoms with E-state index in [4.69, 9.17) is 5.11 Å². The first kappa shape index (κ1) is 16.0. The fourth-order valence-electron chi connectivity index (χ4n) is 2.57. The van der Waals surface area contributed by atoms with Gasteiger partial charge in [-0.05, 0) is 39.2 Å². The number of aliphatic carboxylic acids is 1. The standard InChI is InChI=1S/C14H26N2O3/c1-10(2)14(7-8-15-9-14)12(19)16-13(3,4)6-5-11(17)18/h10,15H,5-9H2,1-4H3,(H,16,19)(H,17,18). The highest BCUT2D eigenvalue weighted by Gasteiger charge is 2.45. The van der Waals surface area contributed by atoms with Crippen molar-refractivity contribution in [1.29, 1.82) is 0 Å². The van der Waals surface area contributed by atoms with Crippen LogP contribution in [0.3, 0.4) is 0 Å². The third kappa shape index (κ3) is 3.93. The number of carbonyl (C=O) groups is 2. The van der Waals surface area contributed by atoms with Crippen molar-refractivity contribution in [3.63, 3.8) is 0 Å². The normalized spacial score (nSPS) is 23.6. The van der Waals surface area contributed by atoms with Crippen molar-refractivity contribution in [2.45, 2.75) is 52.5 Å². The average Bonchev–Trinajstić information content (AvgIpc) is 2.76. The number of carbonyl (C=O) groups excluding carboxylic acids is 1.